The van der Waals surface area contributed by atoms with Gasteiger partial charge in [0, 0.05) is 12.1 Å². The third-order valence-electron chi connectivity index (χ3n) is 3.00. The normalized spacial score (nSPS) is 15.0. The molecule has 1 aliphatic carbocycles. The fourth-order valence-corrected chi connectivity index (χ4v) is 2.16. The van der Waals surface area contributed by atoms with Gasteiger partial charge in [0.1, 0.15) is 5.84 Å². The Kier molecular flexibility index (Phi) is 3.57. The molecule has 86 valence electrons. The van der Waals surface area contributed by atoms with Gasteiger partial charge in [-0.15, -0.1) is 0 Å². The minimum Gasteiger partial charge on any atom is -0.308 e. The fourth-order valence-electron chi connectivity index (χ4n) is 2.16. The molecule has 0 spiro atoms. The second-order valence-electron chi connectivity index (χ2n) is 4.21. The maximum absolute atomic E-state index is 5.51. The standard InChI is InChI=1S/C13H19N3/c1-2-8-15-13(16-14)12-7-6-10-4-3-5-11(10)9-12/h6-7,9H,2-5,8,14H2,1H3,(H,15,16). The Bertz CT molecular complexity index is 396. The first-order valence-electron chi connectivity index (χ1n) is 5.98. The number of rotatable bonds is 3. The van der Waals surface area contributed by atoms with Crippen molar-refractivity contribution in [1.82, 2.24) is 5.43 Å². The molecule has 0 saturated heterocycles. The lowest BCUT2D eigenvalue weighted by atomic mass is 10.1. The first-order valence-corrected chi connectivity index (χ1v) is 5.98. The summed E-state index contributed by atoms with van der Waals surface area (Å²) in [5.74, 6) is 6.31. The van der Waals surface area contributed by atoms with Crippen molar-refractivity contribution in [3.8, 4) is 0 Å². The number of fused-ring (bicyclic) bond motifs is 1. The van der Waals surface area contributed by atoms with E-state index >= 15 is 0 Å². The third-order valence-corrected chi connectivity index (χ3v) is 3.00. The Labute approximate surface area is 96.7 Å². The molecule has 0 aromatic heterocycles. The smallest absolute Gasteiger partial charge is 0.142 e. The molecule has 0 aliphatic heterocycles. The van der Waals surface area contributed by atoms with Crippen molar-refractivity contribution in [2.24, 2.45) is 10.8 Å². The molecule has 0 heterocycles. The van der Waals surface area contributed by atoms with Crippen LogP contribution < -0.4 is 11.3 Å². The summed E-state index contributed by atoms with van der Waals surface area (Å²) < 4.78 is 0. The lowest BCUT2D eigenvalue weighted by Crippen LogP contribution is -2.31. The fraction of sp³-hybridized carbons (Fsp3) is 0.462. The van der Waals surface area contributed by atoms with E-state index in [1.54, 1.807) is 0 Å². The summed E-state index contributed by atoms with van der Waals surface area (Å²) in [6.45, 7) is 2.93. The number of hydrazine groups is 1. The van der Waals surface area contributed by atoms with Crippen molar-refractivity contribution in [3.63, 3.8) is 0 Å². The van der Waals surface area contributed by atoms with Crippen molar-refractivity contribution < 1.29 is 0 Å². The molecule has 3 heteroatoms. The van der Waals surface area contributed by atoms with Gasteiger partial charge in [-0.1, -0.05) is 19.1 Å². The van der Waals surface area contributed by atoms with Crippen LogP contribution >= 0.6 is 0 Å². The summed E-state index contributed by atoms with van der Waals surface area (Å²) >= 11 is 0. The minimum atomic E-state index is 0.802. The van der Waals surface area contributed by atoms with Gasteiger partial charge in [-0.2, -0.15) is 0 Å². The monoisotopic (exact) mass is 217 g/mol. The predicted octanol–water partition coefficient (Wildman–Crippen LogP) is 1.80. The van der Waals surface area contributed by atoms with Crippen molar-refractivity contribution in [2.45, 2.75) is 32.6 Å². The molecule has 0 atom stereocenters. The predicted molar refractivity (Wildman–Crippen MR) is 67.5 cm³/mol. The Balaban J connectivity index is 2.25. The molecule has 3 N–H and O–H groups in total. The maximum atomic E-state index is 5.51. The van der Waals surface area contributed by atoms with Crippen LogP contribution in [0.5, 0.6) is 0 Å². The average Bonchev–Trinajstić information content (AvgIpc) is 2.77. The first kappa shape index (κ1) is 11.1. The van der Waals surface area contributed by atoms with E-state index in [0.29, 0.717) is 0 Å². The number of nitrogens with zero attached hydrogens (tertiary/aromatic N) is 1. The lowest BCUT2D eigenvalue weighted by molar-refractivity contribution is 0.906. The highest BCUT2D eigenvalue weighted by Crippen LogP contribution is 2.22. The minimum absolute atomic E-state index is 0.802. The Morgan fingerprint density at radius 1 is 1.38 bits per heavy atom. The van der Waals surface area contributed by atoms with E-state index in [1.165, 1.54) is 30.4 Å². The van der Waals surface area contributed by atoms with Gasteiger partial charge < -0.3 is 5.43 Å². The van der Waals surface area contributed by atoms with E-state index in [9.17, 15) is 0 Å². The summed E-state index contributed by atoms with van der Waals surface area (Å²) in [5.41, 5.74) is 6.74. The molecular weight excluding hydrogens is 198 g/mol. The molecular formula is C13H19N3. The highest BCUT2D eigenvalue weighted by atomic mass is 15.2. The number of aryl methyl sites for hydroxylation is 2. The van der Waals surface area contributed by atoms with Gasteiger partial charge in [0.2, 0.25) is 0 Å². The zero-order valence-corrected chi connectivity index (χ0v) is 9.79. The molecule has 0 radical (unpaired) electrons. The third kappa shape index (κ3) is 2.25. The second kappa shape index (κ2) is 5.12. The summed E-state index contributed by atoms with van der Waals surface area (Å²) in [6.07, 6.45) is 4.72. The van der Waals surface area contributed by atoms with Crippen molar-refractivity contribution in [1.29, 1.82) is 0 Å². The topological polar surface area (TPSA) is 50.4 Å². The highest BCUT2D eigenvalue weighted by molar-refractivity contribution is 5.98. The molecule has 1 aliphatic rings. The lowest BCUT2D eigenvalue weighted by Gasteiger charge is -2.08. The number of amidine groups is 1. The SMILES string of the molecule is CCCN=C(NN)c1ccc2c(c1)CCC2. The van der Waals surface area contributed by atoms with Crippen LogP contribution in [0.1, 0.15) is 36.5 Å². The van der Waals surface area contributed by atoms with Crippen LogP contribution in [0.2, 0.25) is 0 Å². The van der Waals surface area contributed by atoms with E-state index in [1.807, 2.05) is 0 Å². The number of nitrogens with one attached hydrogen (secondary N) is 1. The van der Waals surface area contributed by atoms with Crippen molar-refractivity contribution >= 4 is 5.84 Å². The van der Waals surface area contributed by atoms with Crippen molar-refractivity contribution in [3.05, 3.63) is 34.9 Å². The molecule has 0 unspecified atom stereocenters. The number of hydrogen-bond donors (Lipinski definition) is 2. The summed E-state index contributed by atoms with van der Waals surface area (Å²) in [4.78, 5) is 4.44. The number of hydrogen-bond acceptors (Lipinski definition) is 2. The Morgan fingerprint density at radius 2 is 2.19 bits per heavy atom. The van der Waals surface area contributed by atoms with Crippen LogP contribution in [0.3, 0.4) is 0 Å². The van der Waals surface area contributed by atoms with Gasteiger partial charge in [-0.05, 0) is 42.9 Å². The number of nitrogens with two attached hydrogens (primary N) is 1. The quantitative estimate of drug-likeness (QED) is 0.351. The van der Waals surface area contributed by atoms with Crippen LogP contribution in [0.25, 0.3) is 0 Å². The van der Waals surface area contributed by atoms with Gasteiger partial charge in [0.25, 0.3) is 0 Å². The van der Waals surface area contributed by atoms with Crippen LogP contribution in [-0.2, 0) is 12.8 Å². The Morgan fingerprint density at radius 3 is 2.94 bits per heavy atom. The van der Waals surface area contributed by atoms with Gasteiger partial charge in [-0.3, -0.25) is 4.99 Å². The van der Waals surface area contributed by atoms with Crippen LogP contribution in [-0.4, -0.2) is 12.4 Å². The highest BCUT2D eigenvalue weighted by Gasteiger charge is 2.12. The molecule has 1 aromatic carbocycles. The number of benzene rings is 1. The molecule has 16 heavy (non-hydrogen) atoms. The van der Waals surface area contributed by atoms with Gasteiger partial charge in [0.15, 0.2) is 0 Å². The van der Waals surface area contributed by atoms with E-state index < -0.39 is 0 Å². The van der Waals surface area contributed by atoms with Gasteiger partial charge >= 0.3 is 0 Å². The molecule has 3 nitrogen and oxygen atoms in total. The van der Waals surface area contributed by atoms with Gasteiger partial charge in [0.05, 0.1) is 0 Å². The molecule has 0 saturated carbocycles. The van der Waals surface area contributed by atoms with Crippen molar-refractivity contribution in [2.75, 3.05) is 6.54 Å². The van der Waals surface area contributed by atoms with Crippen LogP contribution in [0.15, 0.2) is 23.2 Å². The zero-order valence-electron chi connectivity index (χ0n) is 9.79. The van der Waals surface area contributed by atoms with Crippen LogP contribution in [0, 0.1) is 0 Å². The molecule has 0 bridgehead atoms. The van der Waals surface area contributed by atoms with Gasteiger partial charge in [-0.25, -0.2) is 5.84 Å². The molecule has 0 fully saturated rings. The number of aliphatic imine (C=N–C) groups is 1. The molecule has 1 aromatic rings. The van der Waals surface area contributed by atoms with E-state index in [-0.39, 0.29) is 0 Å². The Hall–Kier alpha value is -1.35. The van der Waals surface area contributed by atoms with E-state index in [0.717, 1.165) is 24.4 Å². The molecule has 2 rings (SSSR count). The first-order chi connectivity index (χ1) is 7.85. The van der Waals surface area contributed by atoms with E-state index in [4.69, 9.17) is 5.84 Å². The maximum Gasteiger partial charge on any atom is 0.142 e. The summed E-state index contributed by atoms with van der Waals surface area (Å²) in [7, 11) is 0. The average molecular weight is 217 g/mol. The van der Waals surface area contributed by atoms with E-state index in [2.05, 4.69) is 35.5 Å². The van der Waals surface area contributed by atoms with Crippen LogP contribution in [0.4, 0.5) is 0 Å². The second-order valence-corrected chi connectivity index (χ2v) is 4.21. The zero-order chi connectivity index (χ0) is 11.4. The summed E-state index contributed by atoms with van der Waals surface area (Å²) in [6, 6.07) is 6.53. The largest absolute Gasteiger partial charge is 0.308 e. The summed E-state index contributed by atoms with van der Waals surface area (Å²) in [5, 5.41) is 0. The molecule has 0 amide bonds.